The molecule has 0 spiro atoms. The molecule has 0 amide bonds. The minimum atomic E-state index is -1.40. The molecule has 0 saturated carbocycles. The third kappa shape index (κ3) is 11.9. The van der Waals surface area contributed by atoms with Gasteiger partial charge >= 0.3 is 17.9 Å². The van der Waals surface area contributed by atoms with E-state index in [-0.39, 0.29) is 6.47 Å². The minimum absolute atomic E-state index is 0.250. The van der Waals surface area contributed by atoms with Gasteiger partial charge in [0.2, 0.25) is 0 Å². The number of aliphatic carboxylic acids is 3. The largest absolute Gasteiger partial charge is 0.483 e. The maximum atomic E-state index is 10.2. The fraction of sp³-hybridized carbons (Fsp3) is 0.429. The maximum absolute atomic E-state index is 10.2. The highest BCUT2D eigenvalue weighted by atomic mass is 16.4. The highest BCUT2D eigenvalue weighted by Gasteiger charge is 2.23. The predicted molar refractivity (Wildman–Crippen MR) is 44.3 cm³/mol. The molecule has 0 aromatic heterocycles. The fourth-order valence-electron chi connectivity index (χ4n) is 0.668. The van der Waals surface area contributed by atoms with Crippen LogP contribution in [0, 0.1) is 5.92 Å². The second-order valence-corrected chi connectivity index (χ2v) is 2.34. The van der Waals surface area contributed by atoms with Gasteiger partial charge in [-0.2, -0.15) is 0 Å². The van der Waals surface area contributed by atoms with Crippen LogP contribution >= 0.6 is 0 Å². The summed E-state index contributed by atoms with van der Waals surface area (Å²) in [6, 6.07) is 0. The van der Waals surface area contributed by atoms with Gasteiger partial charge in [-0.1, -0.05) is 0 Å². The number of rotatable bonds is 5. The van der Waals surface area contributed by atoms with E-state index in [1.54, 1.807) is 0 Å². The van der Waals surface area contributed by atoms with Gasteiger partial charge in [0.25, 0.3) is 6.47 Å². The Morgan fingerprint density at radius 1 is 1.00 bits per heavy atom. The first-order valence-corrected chi connectivity index (χ1v) is 3.59. The fourth-order valence-corrected chi connectivity index (χ4v) is 0.668. The lowest BCUT2D eigenvalue weighted by Crippen LogP contribution is -2.20. The summed E-state index contributed by atoms with van der Waals surface area (Å²) in [4.78, 5) is 38.7. The van der Waals surface area contributed by atoms with Gasteiger partial charge in [-0.15, -0.1) is 0 Å². The van der Waals surface area contributed by atoms with Crippen LogP contribution in [0.3, 0.4) is 0 Å². The van der Waals surface area contributed by atoms with E-state index in [0.29, 0.717) is 0 Å². The van der Waals surface area contributed by atoms with Crippen LogP contribution in [0.25, 0.3) is 0 Å². The van der Waals surface area contributed by atoms with E-state index in [1.807, 2.05) is 0 Å². The van der Waals surface area contributed by atoms with E-state index in [2.05, 4.69) is 0 Å². The van der Waals surface area contributed by atoms with Crippen molar-refractivity contribution in [1.29, 1.82) is 0 Å². The number of hydrogen-bond donors (Lipinski definition) is 4. The Kier molecular flexibility index (Phi) is 8.68. The standard InChI is InChI=1S/C6H8O6.CH2O2/c7-4(8)1-3(6(11)12)2-5(9)10;2-1-3/h3H,1-2H2,(H,7,8)(H,9,10)(H,11,12);1H,(H,2,3). The molecule has 8 heteroatoms. The van der Waals surface area contributed by atoms with Crippen molar-refractivity contribution < 1.29 is 39.6 Å². The summed E-state index contributed by atoms with van der Waals surface area (Å²) in [6.45, 7) is -0.250. The van der Waals surface area contributed by atoms with Gasteiger partial charge in [0.15, 0.2) is 0 Å². The van der Waals surface area contributed by atoms with Gasteiger partial charge in [0, 0.05) is 0 Å². The third-order valence-corrected chi connectivity index (χ3v) is 1.19. The number of carboxylic acids is 3. The topological polar surface area (TPSA) is 149 Å². The molecule has 0 saturated heterocycles. The van der Waals surface area contributed by atoms with Gasteiger partial charge in [0.05, 0.1) is 18.8 Å². The van der Waals surface area contributed by atoms with Crippen molar-refractivity contribution in [3.8, 4) is 0 Å². The molecular weight excluding hydrogens is 212 g/mol. The van der Waals surface area contributed by atoms with Crippen molar-refractivity contribution in [1.82, 2.24) is 0 Å². The number of carbonyl (C=O) groups is 4. The zero-order valence-corrected chi connectivity index (χ0v) is 7.49. The van der Waals surface area contributed by atoms with Crippen LogP contribution in [0.2, 0.25) is 0 Å². The summed E-state index contributed by atoms with van der Waals surface area (Å²) in [5.74, 6) is -5.38. The molecule has 0 aliphatic rings. The first kappa shape index (κ1) is 15.4. The van der Waals surface area contributed by atoms with Crippen LogP contribution in [-0.4, -0.2) is 44.8 Å². The summed E-state index contributed by atoms with van der Waals surface area (Å²) >= 11 is 0. The smallest absolute Gasteiger partial charge is 0.307 e. The van der Waals surface area contributed by atoms with Crippen LogP contribution < -0.4 is 0 Å². The van der Waals surface area contributed by atoms with Gasteiger partial charge in [-0.3, -0.25) is 19.2 Å². The van der Waals surface area contributed by atoms with Crippen LogP contribution in [0.4, 0.5) is 0 Å². The number of hydrogen-bond acceptors (Lipinski definition) is 4. The lowest BCUT2D eigenvalue weighted by molar-refractivity contribution is -0.152. The van der Waals surface area contributed by atoms with E-state index in [4.69, 9.17) is 25.2 Å². The van der Waals surface area contributed by atoms with Crippen molar-refractivity contribution in [2.45, 2.75) is 12.8 Å². The molecule has 0 aliphatic carbocycles. The van der Waals surface area contributed by atoms with Crippen LogP contribution in [0.5, 0.6) is 0 Å². The van der Waals surface area contributed by atoms with Crippen molar-refractivity contribution in [3.05, 3.63) is 0 Å². The molecule has 0 aromatic rings. The van der Waals surface area contributed by atoms with Gasteiger partial charge in [-0.05, 0) is 0 Å². The summed E-state index contributed by atoms with van der Waals surface area (Å²) in [7, 11) is 0. The lowest BCUT2D eigenvalue weighted by Gasteiger charge is -2.04. The van der Waals surface area contributed by atoms with Crippen molar-refractivity contribution in [2.75, 3.05) is 0 Å². The van der Waals surface area contributed by atoms with Crippen molar-refractivity contribution >= 4 is 24.4 Å². The van der Waals surface area contributed by atoms with Crippen molar-refractivity contribution in [2.24, 2.45) is 5.92 Å². The Morgan fingerprint density at radius 2 is 1.27 bits per heavy atom. The average Bonchev–Trinajstić information content (AvgIpc) is 2.02. The summed E-state index contributed by atoms with van der Waals surface area (Å²) in [5, 5.41) is 31.6. The summed E-state index contributed by atoms with van der Waals surface area (Å²) in [5.41, 5.74) is 0. The summed E-state index contributed by atoms with van der Waals surface area (Å²) in [6.07, 6.45) is -1.33. The normalized spacial score (nSPS) is 8.60. The molecule has 0 atom stereocenters. The van der Waals surface area contributed by atoms with Crippen LogP contribution in [0.1, 0.15) is 12.8 Å². The molecule has 0 aromatic carbocycles. The Bertz CT molecular complexity index is 229. The molecule has 8 nitrogen and oxygen atoms in total. The van der Waals surface area contributed by atoms with E-state index in [1.165, 1.54) is 0 Å². The molecule has 0 rings (SSSR count). The quantitative estimate of drug-likeness (QED) is 0.447. The van der Waals surface area contributed by atoms with E-state index >= 15 is 0 Å². The van der Waals surface area contributed by atoms with Crippen molar-refractivity contribution in [3.63, 3.8) is 0 Å². The predicted octanol–water partition coefficient (Wildman–Crippen LogP) is -0.663. The molecule has 0 aliphatic heterocycles. The highest BCUT2D eigenvalue weighted by Crippen LogP contribution is 2.08. The third-order valence-electron chi connectivity index (χ3n) is 1.19. The Labute approximate surface area is 83.8 Å². The monoisotopic (exact) mass is 222 g/mol. The molecule has 0 heterocycles. The lowest BCUT2D eigenvalue weighted by atomic mass is 10.0. The maximum Gasteiger partial charge on any atom is 0.307 e. The van der Waals surface area contributed by atoms with Crippen LogP contribution in [-0.2, 0) is 19.2 Å². The Balaban J connectivity index is 0. The summed E-state index contributed by atoms with van der Waals surface area (Å²) < 4.78 is 0. The van der Waals surface area contributed by atoms with Gasteiger partial charge in [0.1, 0.15) is 0 Å². The van der Waals surface area contributed by atoms with Gasteiger partial charge in [-0.25, -0.2) is 0 Å². The molecule has 0 fully saturated rings. The van der Waals surface area contributed by atoms with Crippen LogP contribution in [0.15, 0.2) is 0 Å². The zero-order chi connectivity index (χ0) is 12.4. The molecule has 0 bridgehead atoms. The molecule has 0 radical (unpaired) electrons. The molecule has 15 heavy (non-hydrogen) atoms. The van der Waals surface area contributed by atoms with E-state index in [9.17, 15) is 14.4 Å². The second kappa shape index (κ2) is 8.48. The molecular formula is C7H10O8. The first-order valence-electron chi connectivity index (χ1n) is 3.59. The zero-order valence-electron chi connectivity index (χ0n) is 7.49. The molecule has 0 unspecified atom stereocenters. The first-order chi connectivity index (χ1) is 6.84. The Morgan fingerprint density at radius 3 is 1.40 bits per heavy atom. The van der Waals surface area contributed by atoms with E-state index in [0.717, 1.165) is 0 Å². The van der Waals surface area contributed by atoms with Gasteiger partial charge < -0.3 is 20.4 Å². The highest BCUT2D eigenvalue weighted by molar-refractivity contribution is 5.82. The Hall–Kier alpha value is -2.12. The van der Waals surface area contributed by atoms with E-state index < -0.39 is 36.7 Å². The number of carboxylic acid groups (broad SMARTS) is 4. The average molecular weight is 222 g/mol. The molecule has 86 valence electrons. The molecule has 4 N–H and O–H groups in total. The second-order valence-electron chi connectivity index (χ2n) is 2.34. The SMILES string of the molecule is O=C(O)CC(CC(=O)O)C(=O)O.O=CO. The minimum Gasteiger partial charge on any atom is -0.483 e.